The lowest BCUT2D eigenvalue weighted by atomic mass is 10.3. The van der Waals surface area contributed by atoms with Gasteiger partial charge in [0.1, 0.15) is 23.8 Å². The molecule has 4 aromatic rings. The number of nitro groups is 1. The number of amides is 2. The maximum absolute atomic E-state index is 12.7. The molecule has 0 atom stereocenters. The van der Waals surface area contributed by atoms with Crippen molar-refractivity contribution in [3.8, 4) is 5.75 Å². The Hall–Kier alpha value is -4.87. The van der Waals surface area contributed by atoms with Crippen LogP contribution in [0.3, 0.4) is 0 Å². The lowest BCUT2D eigenvalue weighted by molar-refractivity contribution is -0.386. The number of ether oxygens (including phenoxy) is 1. The van der Waals surface area contributed by atoms with Crippen molar-refractivity contribution in [2.75, 3.05) is 5.32 Å². The van der Waals surface area contributed by atoms with Crippen LogP contribution in [-0.4, -0.2) is 26.5 Å². The predicted molar refractivity (Wildman–Crippen MR) is 117 cm³/mol. The number of rotatable bonds is 9. The minimum absolute atomic E-state index is 0.0352. The quantitative estimate of drug-likeness (QED) is 0.282. The van der Waals surface area contributed by atoms with Crippen LogP contribution < -0.4 is 15.4 Å². The number of carbonyl (C=O) groups is 2. The molecule has 0 saturated carbocycles. The topological polar surface area (TPSA) is 155 Å². The van der Waals surface area contributed by atoms with Gasteiger partial charge in [0.05, 0.1) is 29.6 Å². The van der Waals surface area contributed by atoms with Crippen molar-refractivity contribution in [1.82, 2.24) is 15.1 Å². The number of hydrogen-bond donors (Lipinski definition) is 2. The summed E-state index contributed by atoms with van der Waals surface area (Å²) in [4.78, 5) is 35.8. The van der Waals surface area contributed by atoms with E-state index in [1.54, 1.807) is 25.2 Å². The van der Waals surface area contributed by atoms with Crippen LogP contribution in [-0.2, 0) is 20.2 Å². The molecular weight excluding hydrogens is 446 g/mol. The normalized spacial score (nSPS) is 10.6. The molecule has 174 valence electrons. The van der Waals surface area contributed by atoms with Crippen molar-refractivity contribution in [1.29, 1.82) is 0 Å². The van der Waals surface area contributed by atoms with Crippen molar-refractivity contribution in [2.24, 2.45) is 7.05 Å². The van der Waals surface area contributed by atoms with Crippen molar-refractivity contribution in [3.63, 3.8) is 0 Å². The second-order valence-corrected chi connectivity index (χ2v) is 7.03. The van der Waals surface area contributed by atoms with Gasteiger partial charge in [0.2, 0.25) is 0 Å². The van der Waals surface area contributed by atoms with Crippen molar-refractivity contribution < 1.29 is 28.1 Å². The average molecular weight is 465 g/mol. The first-order chi connectivity index (χ1) is 16.4. The first-order valence-corrected chi connectivity index (χ1v) is 10.0. The summed E-state index contributed by atoms with van der Waals surface area (Å²) in [6.07, 6.45) is 2.85. The minimum atomic E-state index is -0.606. The van der Waals surface area contributed by atoms with E-state index < -0.39 is 16.7 Å². The Bertz CT molecular complexity index is 1320. The van der Waals surface area contributed by atoms with E-state index in [1.165, 1.54) is 47.5 Å². The molecular formula is C22H19N5O7. The Balaban J connectivity index is 1.40. The standard InChI is InChI=1S/C22H19N5O7/c1-26-20(22(29)23-11-14-5-4-10-32-14)16(12-24-26)25-21(28)19-9-8-15(34-19)13-33-18-7-3-2-6-17(18)27(30)31/h2-10,12H,11,13H2,1H3,(H,23,29)(H,25,28). The highest BCUT2D eigenvalue weighted by Gasteiger charge is 2.21. The third-order valence-electron chi connectivity index (χ3n) is 4.72. The Morgan fingerprint density at radius 3 is 2.71 bits per heavy atom. The highest BCUT2D eigenvalue weighted by molar-refractivity contribution is 6.07. The lowest BCUT2D eigenvalue weighted by Gasteiger charge is -2.07. The molecule has 0 saturated heterocycles. The number of nitrogens with zero attached hydrogens (tertiary/aromatic N) is 3. The zero-order valence-corrected chi connectivity index (χ0v) is 17.9. The number of carbonyl (C=O) groups excluding carboxylic acids is 2. The number of anilines is 1. The van der Waals surface area contributed by atoms with Crippen LogP contribution in [0.25, 0.3) is 0 Å². The third-order valence-corrected chi connectivity index (χ3v) is 4.72. The molecule has 0 aliphatic carbocycles. The number of para-hydroxylation sites is 2. The molecule has 3 heterocycles. The van der Waals surface area contributed by atoms with Gasteiger partial charge in [-0.25, -0.2) is 0 Å². The number of aromatic nitrogens is 2. The van der Waals surface area contributed by atoms with E-state index >= 15 is 0 Å². The van der Waals surface area contributed by atoms with Gasteiger partial charge in [-0.05, 0) is 30.3 Å². The van der Waals surface area contributed by atoms with Gasteiger partial charge in [0, 0.05) is 13.1 Å². The summed E-state index contributed by atoms with van der Waals surface area (Å²) in [5, 5.41) is 20.4. The molecule has 0 aliphatic rings. The van der Waals surface area contributed by atoms with Gasteiger partial charge >= 0.3 is 5.69 Å². The first-order valence-electron chi connectivity index (χ1n) is 10.0. The Kier molecular flexibility index (Phi) is 6.39. The molecule has 1 aromatic carbocycles. The van der Waals surface area contributed by atoms with Crippen molar-refractivity contribution in [2.45, 2.75) is 13.2 Å². The molecule has 3 aromatic heterocycles. The van der Waals surface area contributed by atoms with Crippen molar-refractivity contribution >= 4 is 23.2 Å². The summed E-state index contributed by atoms with van der Waals surface area (Å²) < 4.78 is 17.5. The highest BCUT2D eigenvalue weighted by Crippen LogP contribution is 2.27. The van der Waals surface area contributed by atoms with Crippen LogP contribution in [0.5, 0.6) is 5.75 Å². The first kappa shape index (κ1) is 22.3. The van der Waals surface area contributed by atoms with E-state index in [0.29, 0.717) is 5.76 Å². The molecule has 34 heavy (non-hydrogen) atoms. The Morgan fingerprint density at radius 1 is 1.12 bits per heavy atom. The summed E-state index contributed by atoms with van der Waals surface area (Å²) in [5.74, 6) is -0.157. The Morgan fingerprint density at radius 2 is 1.94 bits per heavy atom. The van der Waals surface area contributed by atoms with Crippen LogP contribution in [0.15, 0.2) is 69.8 Å². The summed E-state index contributed by atoms with van der Waals surface area (Å²) in [6.45, 7) is 0.0526. The average Bonchev–Trinajstić information content (AvgIpc) is 3.58. The van der Waals surface area contributed by atoms with Crippen molar-refractivity contribution in [3.05, 3.63) is 94.1 Å². The molecule has 12 heteroatoms. The minimum Gasteiger partial charge on any atom is -0.479 e. The van der Waals surface area contributed by atoms with E-state index in [1.807, 2.05) is 0 Å². The second-order valence-electron chi connectivity index (χ2n) is 7.03. The zero-order valence-electron chi connectivity index (χ0n) is 17.9. The molecule has 0 aliphatic heterocycles. The molecule has 0 spiro atoms. The van der Waals surface area contributed by atoms with Crippen LogP contribution in [0, 0.1) is 10.1 Å². The molecule has 2 amide bonds. The van der Waals surface area contributed by atoms with E-state index in [0.717, 1.165) is 0 Å². The second kappa shape index (κ2) is 9.73. The van der Waals surface area contributed by atoms with Crippen LogP contribution in [0.4, 0.5) is 11.4 Å². The number of hydrogen-bond acceptors (Lipinski definition) is 8. The fourth-order valence-electron chi connectivity index (χ4n) is 3.10. The highest BCUT2D eigenvalue weighted by atomic mass is 16.6. The van der Waals surface area contributed by atoms with Gasteiger partial charge in [0.15, 0.2) is 11.5 Å². The third kappa shape index (κ3) is 4.96. The Labute approximate surface area is 192 Å². The molecule has 12 nitrogen and oxygen atoms in total. The van der Waals surface area contributed by atoms with Gasteiger partial charge in [-0.2, -0.15) is 5.10 Å². The molecule has 4 rings (SSSR count). The fraction of sp³-hybridized carbons (Fsp3) is 0.136. The van der Waals surface area contributed by atoms with E-state index in [9.17, 15) is 19.7 Å². The molecule has 0 radical (unpaired) electrons. The molecule has 0 fully saturated rings. The number of furan rings is 2. The van der Waals surface area contributed by atoms with E-state index in [2.05, 4.69) is 15.7 Å². The van der Waals surface area contributed by atoms with E-state index in [4.69, 9.17) is 13.6 Å². The number of nitro benzene ring substituents is 1. The monoisotopic (exact) mass is 465 g/mol. The van der Waals surface area contributed by atoms with Gasteiger partial charge in [-0.15, -0.1) is 0 Å². The SMILES string of the molecule is Cn1ncc(NC(=O)c2ccc(COc3ccccc3[N+](=O)[O-])o2)c1C(=O)NCc1ccco1. The molecule has 2 N–H and O–H groups in total. The number of aryl methyl sites for hydroxylation is 1. The van der Waals surface area contributed by atoms with Crippen LogP contribution in [0.1, 0.15) is 32.6 Å². The number of benzene rings is 1. The smallest absolute Gasteiger partial charge is 0.310 e. The molecule has 0 bridgehead atoms. The maximum atomic E-state index is 12.7. The zero-order chi connectivity index (χ0) is 24.1. The summed E-state index contributed by atoms with van der Waals surface area (Å²) in [6, 6.07) is 12.3. The van der Waals surface area contributed by atoms with Gasteiger partial charge in [0.25, 0.3) is 11.8 Å². The molecule has 0 unspecified atom stereocenters. The van der Waals surface area contributed by atoms with E-state index in [-0.39, 0.29) is 47.5 Å². The maximum Gasteiger partial charge on any atom is 0.310 e. The van der Waals surface area contributed by atoms with Crippen LogP contribution in [0.2, 0.25) is 0 Å². The van der Waals surface area contributed by atoms with Gasteiger partial charge in [-0.3, -0.25) is 24.4 Å². The summed E-state index contributed by atoms with van der Waals surface area (Å²) in [5.41, 5.74) is 0.159. The lowest BCUT2D eigenvalue weighted by Crippen LogP contribution is -2.26. The van der Waals surface area contributed by atoms with Crippen LogP contribution >= 0.6 is 0 Å². The summed E-state index contributed by atoms with van der Waals surface area (Å²) >= 11 is 0. The number of nitrogens with one attached hydrogen (secondary N) is 2. The predicted octanol–water partition coefficient (Wildman–Crippen LogP) is 3.28. The summed E-state index contributed by atoms with van der Waals surface area (Å²) in [7, 11) is 1.57. The largest absolute Gasteiger partial charge is 0.479 e. The fourth-order valence-corrected chi connectivity index (χ4v) is 3.10. The van der Waals surface area contributed by atoms with Gasteiger partial charge in [-0.1, -0.05) is 12.1 Å². The van der Waals surface area contributed by atoms with Gasteiger partial charge < -0.3 is 24.2 Å².